The zero-order chi connectivity index (χ0) is 8.43. The molecule has 3 atom stereocenters. The lowest BCUT2D eigenvalue weighted by atomic mass is 10.1. The number of hydrogen-bond donors (Lipinski definition) is 3. The average Bonchev–Trinajstić information content (AvgIpc) is 2.19. The first-order valence-electron chi connectivity index (χ1n) is 3.51. The van der Waals surface area contributed by atoms with Gasteiger partial charge in [0.2, 0.25) is 0 Å². The van der Waals surface area contributed by atoms with Gasteiger partial charge < -0.3 is 21.3 Å². The van der Waals surface area contributed by atoms with E-state index in [2.05, 4.69) is 0 Å². The molecule has 0 saturated carbocycles. The SMILES string of the molecule is NCC[C@H]1OC(=O)[C@@H](N)[C@H]1O. The number of ether oxygens (including phenoxy) is 1. The smallest absolute Gasteiger partial charge is 0.326 e. The third-order valence-electron chi connectivity index (χ3n) is 1.74. The average molecular weight is 160 g/mol. The molecule has 0 aromatic rings. The molecule has 1 aliphatic heterocycles. The first-order chi connectivity index (χ1) is 5.16. The number of cyclic esters (lactones) is 1. The molecular weight excluding hydrogens is 148 g/mol. The van der Waals surface area contributed by atoms with Gasteiger partial charge in [-0.2, -0.15) is 0 Å². The van der Waals surface area contributed by atoms with Gasteiger partial charge in [-0.05, 0) is 13.0 Å². The molecule has 11 heavy (non-hydrogen) atoms. The van der Waals surface area contributed by atoms with E-state index in [0.29, 0.717) is 13.0 Å². The Kier molecular flexibility index (Phi) is 2.43. The molecule has 1 saturated heterocycles. The van der Waals surface area contributed by atoms with Crippen molar-refractivity contribution in [2.24, 2.45) is 11.5 Å². The highest BCUT2D eigenvalue weighted by atomic mass is 16.6. The minimum Gasteiger partial charge on any atom is -0.458 e. The van der Waals surface area contributed by atoms with Crippen LogP contribution in [0.1, 0.15) is 6.42 Å². The fraction of sp³-hybridized carbons (Fsp3) is 0.833. The Balaban J connectivity index is 2.52. The van der Waals surface area contributed by atoms with E-state index in [1.807, 2.05) is 0 Å². The molecule has 64 valence electrons. The highest BCUT2D eigenvalue weighted by Gasteiger charge is 2.40. The number of aliphatic hydroxyl groups excluding tert-OH is 1. The Morgan fingerprint density at radius 1 is 1.64 bits per heavy atom. The number of rotatable bonds is 2. The van der Waals surface area contributed by atoms with Crippen LogP contribution in [0.5, 0.6) is 0 Å². The van der Waals surface area contributed by atoms with Gasteiger partial charge in [0, 0.05) is 0 Å². The highest BCUT2D eigenvalue weighted by molar-refractivity contribution is 5.78. The highest BCUT2D eigenvalue weighted by Crippen LogP contribution is 2.16. The summed E-state index contributed by atoms with van der Waals surface area (Å²) in [5.41, 5.74) is 10.5. The molecule has 0 amide bonds. The summed E-state index contributed by atoms with van der Waals surface area (Å²) in [5, 5.41) is 9.23. The van der Waals surface area contributed by atoms with Crippen LogP contribution in [-0.2, 0) is 9.53 Å². The van der Waals surface area contributed by atoms with Crippen molar-refractivity contribution in [3.05, 3.63) is 0 Å². The van der Waals surface area contributed by atoms with Gasteiger partial charge in [-0.1, -0.05) is 0 Å². The fourth-order valence-corrected chi connectivity index (χ4v) is 1.06. The van der Waals surface area contributed by atoms with E-state index in [1.54, 1.807) is 0 Å². The number of esters is 1. The minimum absolute atomic E-state index is 0.377. The molecule has 5 heteroatoms. The number of carbonyl (C=O) groups excluding carboxylic acids is 1. The van der Waals surface area contributed by atoms with Crippen LogP contribution in [0.15, 0.2) is 0 Å². The van der Waals surface area contributed by atoms with Crippen molar-refractivity contribution in [1.82, 2.24) is 0 Å². The van der Waals surface area contributed by atoms with Crippen LogP contribution in [0.3, 0.4) is 0 Å². The lowest BCUT2D eigenvalue weighted by Crippen LogP contribution is -2.38. The van der Waals surface area contributed by atoms with Gasteiger partial charge in [0.1, 0.15) is 18.2 Å². The molecule has 0 unspecified atom stereocenters. The molecule has 1 fully saturated rings. The Labute approximate surface area is 64.3 Å². The second-order valence-electron chi connectivity index (χ2n) is 2.57. The van der Waals surface area contributed by atoms with E-state index in [1.165, 1.54) is 0 Å². The molecular formula is C6H12N2O3. The van der Waals surface area contributed by atoms with Crippen molar-refractivity contribution in [1.29, 1.82) is 0 Å². The van der Waals surface area contributed by atoms with E-state index < -0.39 is 24.2 Å². The summed E-state index contributed by atoms with van der Waals surface area (Å²) in [6.45, 7) is 0.377. The van der Waals surface area contributed by atoms with Gasteiger partial charge in [-0.25, -0.2) is 0 Å². The van der Waals surface area contributed by atoms with Crippen LogP contribution in [-0.4, -0.2) is 35.9 Å². The Hall–Kier alpha value is -0.650. The zero-order valence-corrected chi connectivity index (χ0v) is 6.06. The van der Waals surface area contributed by atoms with Crippen molar-refractivity contribution in [3.8, 4) is 0 Å². The number of hydrogen-bond acceptors (Lipinski definition) is 5. The van der Waals surface area contributed by atoms with E-state index in [-0.39, 0.29) is 0 Å². The normalized spacial score (nSPS) is 37.4. The predicted molar refractivity (Wildman–Crippen MR) is 37.5 cm³/mol. The maximum atomic E-state index is 10.7. The summed E-state index contributed by atoms with van der Waals surface area (Å²) in [5.74, 6) is -0.545. The second-order valence-corrected chi connectivity index (χ2v) is 2.57. The molecule has 0 aromatic heterocycles. The molecule has 0 spiro atoms. The van der Waals surface area contributed by atoms with Crippen molar-refractivity contribution in [2.75, 3.05) is 6.54 Å². The van der Waals surface area contributed by atoms with Crippen molar-refractivity contribution in [2.45, 2.75) is 24.7 Å². The van der Waals surface area contributed by atoms with Crippen LogP contribution in [0.25, 0.3) is 0 Å². The standard InChI is InChI=1S/C6H12N2O3/c7-2-1-3-5(9)4(8)6(10)11-3/h3-5,9H,1-2,7-8H2/t3-,4+,5+/m1/s1. The maximum absolute atomic E-state index is 10.7. The molecule has 1 aliphatic rings. The molecule has 1 rings (SSSR count). The summed E-state index contributed by atoms with van der Waals surface area (Å²) >= 11 is 0. The lowest BCUT2D eigenvalue weighted by Gasteiger charge is -2.11. The molecule has 5 N–H and O–H groups in total. The summed E-state index contributed by atoms with van der Waals surface area (Å²) < 4.78 is 4.73. The number of carbonyl (C=O) groups is 1. The molecule has 0 aliphatic carbocycles. The van der Waals surface area contributed by atoms with E-state index in [9.17, 15) is 9.90 Å². The number of nitrogens with two attached hydrogens (primary N) is 2. The largest absolute Gasteiger partial charge is 0.458 e. The van der Waals surface area contributed by atoms with E-state index in [4.69, 9.17) is 16.2 Å². The van der Waals surface area contributed by atoms with Crippen LogP contribution in [0.2, 0.25) is 0 Å². The fourth-order valence-electron chi connectivity index (χ4n) is 1.06. The predicted octanol–water partition coefficient (Wildman–Crippen LogP) is -2.05. The lowest BCUT2D eigenvalue weighted by molar-refractivity contribution is -0.142. The van der Waals surface area contributed by atoms with Gasteiger partial charge >= 0.3 is 5.97 Å². The third-order valence-corrected chi connectivity index (χ3v) is 1.74. The minimum atomic E-state index is -0.897. The van der Waals surface area contributed by atoms with Gasteiger partial charge in [0.15, 0.2) is 0 Å². The first-order valence-corrected chi connectivity index (χ1v) is 3.51. The zero-order valence-electron chi connectivity index (χ0n) is 6.06. The second kappa shape index (κ2) is 3.17. The molecule has 1 heterocycles. The quantitative estimate of drug-likeness (QED) is 0.404. The Morgan fingerprint density at radius 2 is 2.27 bits per heavy atom. The van der Waals surface area contributed by atoms with Crippen LogP contribution >= 0.6 is 0 Å². The van der Waals surface area contributed by atoms with Gasteiger partial charge in [0.25, 0.3) is 0 Å². The molecule has 0 aromatic carbocycles. The van der Waals surface area contributed by atoms with Crippen LogP contribution < -0.4 is 11.5 Å². The van der Waals surface area contributed by atoms with Gasteiger partial charge in [-0.15, -0.1) is 0 Å². The Morgan fingerprint density at radius 3 is 2.64 bits per heavy atom. The van der Waals surface area contributed by atoms with E-state index in [0.717, 1.165) is 0 Å². The first kappa shape index (κ1) is 8.45. The maximum Gasteiger partial charge on any atom is 0.326 e. The summed E-state index contributed by atoms with van der Waals surface area (Å²) in [7, 11) is 0. The van der Waals surface area contributed by atoms with Crippen molar-refractivity contribution < 1.29 is 14.6 Å². The topological polar surface area (TPSA) is 98.6 Å². The number of aliphatic hydroxyl groups is 1. The molecule has 5 nitrogen and oxygen atoms in total. The summed E-state index contributed by atoms with van der Waals surface area (Å²) in [4.78, 5) is 10.7. The third kappa shape index (κ3) is 1.50. The van der Waals surface area contributed by atoms with Crippen molar-refractivity contribution in [3.63, 3.8) is 0 Å². The van der Waals surface area contributed by atoms with Gasteiger partial charge in [-0.3, -0.25) is 4.79 Å². The van der Waals surface area contributed by atoms with Crippen LogP contribution in [0, 0.1) is 0 Å². The molecule has 0 radical (unpaired) electrons. The van der Waals surface area contributed by atoms with Crippen molar-refractivity contribution >= 4 is 5.97 Å². The van der Waals surface area contributed by atoms with Gasteiger partial charge in [0.05, 0.1) is 0 Å². The molecule has 0 bridgehead atoms. The summed E-state index contributed by atoms with van der Waals surface area (Å²) in [6, 6.07) is -0.897. The Bertz CT molecular complexity index is 162. The van der Waals surface area contributed by atoms with E-state index >= 15 is 0 Å². The van der Waals surface area contributed by atoms with Crippen LogP contribution in [0.4, 0.5) is 0 Å². The summed E-state index contributed by atoms with van der Waals surface area (Å²) in [6.07, 6.45) is -0.950. The monoisotopic (exact) mass is 160 g/mol.